The number of fused-ring (bicyclic) bond motifs is 1. The Morgan fingerprint density at radius 1 is 0.868 bits per heavy atom. The highest BCUT2D eigenvalue weighted by molar-refractivity contribution is 5.80. The summed E-state index contributed by atoms with van der Waals surface area (Å²) in [7, 11) is 0. The summed E-state index contributed by atoms with van der Waals surface area (Å²) in [5.74, 6) is 1.04. The van der Waals surface area contributed by atoms with Gasteiger partial charge in [-0.05, 0) is 66.9 Å². The van der Waals surface area contributed by atoms with E-state index in [9.17, 15) is 9.59 Å². The van der Waals surface area contributed by atoms with Crippen LogP contribution in [0.1, 0.15) is 31.3 Å². The number of hydrogen-bond acceptors (Lipinski definition) is 4. The van der Waals surface area contributed by atoms with Gasteiger partial charge < -0.3 is 10.1 Å². The molecule has 38 heavy (non-hydrogen) atoms. The third-order valence-electron chi connectivity index (χ3n) is 6.40. The first kappa shape index (κ1) is 25.0. The van der Waals surface area contributed by atoms with Gasteiger partial charge in [0.05, 0.1) is 35.7 Å². The number of aromatic nitrogens is 2. The van der Waals surface area contributed by atoms with Gasteiger partial charge in [0.1, 0.15) is 11.6 Å². The molecule has 5 rings (SSSR count). The first-order chi connectivity index (χ1) is 18.5. The van der Waals surface area contributed by atoms with Gasteiger partial charge in [0.15, 0.2) is 0 Å². The molecule has 0 radical (unpaired) electrons. The van der Waals surface area contributed by atoms with Crippen LogP contribution >= 0.6 is 0 Å². The lowest BCUT2D eigenvalue weighted by Crippen LogP contribution is -2.34. The minimum atomic E-state index is -0.505. The van der Waals surface area contributed by atoms with E-state index in [0.717, 1.165) is 22.4 Å². The fraction of sp³-hybridized carbons (Fsp3) is 0.156. The van der Waals surface area contributed by atoms with Gasteiger partial charge >= 0.3 is 0 Å². The fourth-order valence-electron chi connectivity index (χ4n) is 4.54. The molecule has 1 amide bonds. The maximum atomic E-state index is 13.6. The SMILES string of the molecule is CCOc1ccc(-n2c(C(C)NC(=O)Cc3ccc(-c4ccccc4)cc3)nc3ccccc3c2=O)cc1. The highest BCUT2D eigenvalue weighted by Crippen LogP contribution is 2.22. The van der Waals surface area contributed by atoms with Crippen molar-refractivity contribution in [3.05, 3.63) is 125 Å². The number of carbonyl (C=O) groups excluding carboxylic acids is 1. The van der Waals surface area contributed by atoms with Crippen LogP contribution in [0.2, 0.25) is 0 Å². The molecule has 0 bridgehead atoms. The lowest BCUT2D eigenvalue weighted by Gasteiger charge is -2.20. The molecule has 6 nitrogen and oxygen atoms in total. The Morgan fingerprint density at radius 3 is 2.24 bits per heavy atom. The van der Waals surface area contributed by atoms with Crippen LogP contribution in [0.5, 0.6) is 5.75 Å². The van der Waals surface area contributed by atoms with Crippen molar-refractivity contribution >= 4 is 16.8 Å². The molecule has 1 unspecified atom stereocenters. The van der Waals surface area contributed by atoms with Crippen molar-refractivity contribution in [2.24, 2.45) is 0 Å². The van der Waals surface area contributed by atoms with Crippen LogP contribution < -0.4 is 15.6 Å². The molecule has 0 aliphatic heterocycles. The number of para-hydroxylation sites is 1. The molecule has 6 heteroatoms. The average Bonchev–Trinajstić information content (AvgIpc) is 2.94. The number of hydrogen-bond donors (Lipinski definition) is 1. The van der Waals surface area contributed by atoms with Crippen LogP contribution in [-0.4, -0.2) is 22.1 Å². The lowest BCUT2D eigenvalue weighted by atomic mass is 10.0. The normalized spacial score (nSPS) is 11.7. The Hall–Kier alpha value is -4.71. The van der Waals surface area contributed by atoms with Crippen molar-refractivity contribution in [3.63, 3.8) is 0 Å². The zero-order valence-corrected chi connectivity index (χ0v) is 21.4. The van der Waals surface area contributed by atoms with Gasteiger partial charge in [0.2, 0.25) is 5.91 Å². The second kappa shape index (κ2) is 11.1. The predicted molar refractivity (Wildman–Crippen MR) is 151 cm³/mol. The maximum Gasteiger partial charge on any atom is 0.266 e. The molecule has 1 heterocycles. The number of rotatable bonds is 8. The molecule has 0 fully saturated rings. The van der Waals surface area contributed by atoms with Crippen molar-refractivity contribution < 1.29 is 9.53 Å². The van der Waals surface area contributed by atoms with Gasteiger partial charge in [0.25, 0.3) is 5.56 Å². The molecule has 0 spiro atoms. The molecule has 190 valence electrons. The summed E-state index contributed by atoms with van der Waals surface area (Å²) in [5.41, 5.74) is 4.20. The van der Waals surface area contributed by atoms with Gasteiger partial charge in [-0.1, -0.05) is 66.7 Å². The minimum Gasteiger partial charge on any atom is -0.494 e. The summed E-state index contributed by atoms with van der Waals surface area (Å²) >= 11 is 0. The Bertz CT molecular complexity index is 1610. The monoisotopic (exact) mass is 503 g/mol. The summed E-state index contributed by atoms with van der Waals surface area (Å²) in [6.07, 6.45) is 0.222. The van der Waals surface area contributed by atoms with Crippen LogP contribution in [-0.2, 0) is 11.2 Å². The third kappa shape index (κ3) is 5.34. The molecule has 1 aromatic heterocycles. The maximum absolute atomic E-state index is 13.6. The lowest BCUT2D eigenvalue weighted by molar-refractivity contribution is -0.121. The molecule has 5 aromatic rings. The standard InChI is InChI=1S/C32H29N3O3/c1-3-38-27-19-17-26(18-20-27)35-31(34-29-12-8-7-11-28(29)32(35)37)22(2)33-30(36)21-23-13-15-25(16-14-23)24-9-5-4-6-10-24/h4-20,22H,3,21H2,1-2H3,(H,33,36). The summed E-state index contributed by atoms with van der Waals surface area (Å²) in [4.78, 5) is 31.4. The molecule has 4 aromatic carbocycles. The van der Waals surface area contributed by atoms with E-state index in [1.807, 2.05) is 98.8 Å². The fourth-order valence-corrected chi connectivity index (χ4v) is 4.54. The zero-order chi connectivity index (χ0) is 26.5. The minimum absolute atomic E-state index is 0.148. The van der Waals surface area contributed by atoms with E-state index in [1.54, 1.807) is 10.6 Å². The van der Waals surface area contributed by atoms with Gasteiger partial charge in [0, 0.05) is 0 Å². The third-order valence-corrected chi connectivity index (χ3v) is 6.40. The number of nitrogens with one attached hydrogen (secondary N) is 1. The molecule has 0 aliphatic rings. The van der Waals surface area contributed by atoms with Crippen molar-refractivity contribution in [2.75, 3.05) is 6.61 Å². The van der Waals surface area contributed by atoms with Crippen LogP contribution in [0, 0.1) is 0 Å². The molecule has 0 saturated carbocycles. The summed E-state index contributed by atoms with van der Waals surface area (Å²) in [6.45, 7) is 4.32. The topological polar surface area (TPSA) is 73.2 Å². The van der Waals surface area contributed by atoms with Crippen molar-refractivity contribution in [1.29, 1.82) is 0 Å². The summed E-state index contributed by atoms with van der Waals surface area (Å²) in [6, 6.07) is 32.2. The van der Waals surface area contributed by atoms with E-state index < -0.39 is 6.04 Å². The number of benzene rings is 4. The van der Waals surface area contributed by atoms with E-state index in [1.165, 1.54) is 0 Å². The number of ether oxygens (including phenoxy) is 1. The van der Waals surface area contributed by atoms with Crippen LogP contribution in [0.3, 0.4) is 0 Å². The molecule has 0 saturated heterocycles. The molecule has 1 N–H and O–H groups in total. The largest absolute Gasteiger partial charge is 0.494 e. The smallest absolute Gasteiger partial charge is 0.266 e. The first-order valence-corrected chi connectivity index (χ1v) is 12.7. The average molecular weight is 504 g/mol. The predicted octanol–water partition coefficient (Wildman–Crippen LogP) is 5.87. The quantitative estimate of drug-likeness (QED) is 0.287. The number of amides is 1. The van der Waals surface area contributed by atoms with Gasteiger partial charge in [-0.25, -0.2) is 4.98 Å². The van der Waals surface area contributed by atoms with Crippen LogP contribution in [0.4, 0.5) is 0 Å². The van der Waals surface area contributed by atoms with E-state index in [2.05, 4.69) is 17.4 Å². The van der Waals surface area contributed by atoms with E-state index in [0.29, 0.717) is 29.0 Å². The highest BCUT2D eigenvalue weighted by atomic mass is 16.5. The van der Waals surface area contributed by atoms with Crippen molar-refractivity contribution in [2.45, 2.75) is 26.3 Å². The van der Waals surface area contributed by atoms with Crippen LogP contribution in [0.25, 0.3) is 27.7 Å². The first-order valence-electron chi connectivity index (χ1n) is 12.7. The number of carbonyl (C=O) groups is 1. The van der Waals surface area contributed by atoms with Gasteiger partial charge in [-0.15, -0.1) is 0 Å². The molecule has 0 aliphatic carbocycles. The second-order valence-electron chi connectivity index (χ2n) is 9.08. The van der Waals surface area contributed by atoms with E-state index in [4.69, 9.17) is 9.72 Å². The van der Waals surface area contributed by atoms with Crippen molar-refractivity contribution in [3.8, 4) is 22.6 Å². The zero-order valence-electron chi connectivity index (χ0n) is 21.4. The molecule has 1 atom stereocenters. The van der Waals surface area contributed by atoms with Crippen LogP contribution in [0.15, 0.2) is 108 Å². The second-order valence-corrected chi connectivity index (χ2v) is 9.08. The van der Waals surface area contributed by atoms with E-state index in [-0.39, 0.29) is 17.9 Å². The van der Waals surface area contributed by atoms with Gasteiger partial charge in [-0.2, -0.15) is 0 Å². The summed E-state index contributed by atoms with van der Waals surface area (Å²) in [5, 5.41) is 3.55. The number of nitrogens with zero attached hydrogens (tertiary/aromatic N) is 2. The Labute approximate surface area is 221 Å². The highest BCUT2D eigenvalue weighted by Gasteiger charge is 2.20. The Balaban J connectivity index is 1.40. The Morgan fingerprint density at radius 2 is 1.53 bits per heavy atom. The molecular formula is C32H29N3O3. The Kier molecular flexibility index (Phi) is 7.31. The van der Waals surface area contributed by atoms with Crippen molar-refractivity contribution in [1.82, 2.24) is 14.9 Å². The van der Waals surface area contributed by atoms with E-state index >= 15 is 0 Å². The molecular weight excluding hydrogens is 474 g/mol. The van der Waals surface area contributed by atoms with Gasteiger partial charge in [-0.3, -0.25) is 14.2 Å². The summed E-state index contributed by atoms with van der Waals surface area (Å²) < 4.78 is 7.12.